The number of hydrogen-bond donors (Lipinski definition) is 3. The molecule has 8 heteroatoms. The predicted molar refractivity (Wildman–Crippen MR) is 125 cm³/mol. The third kappa shape index (κ3) is 15.6. The Morgan fingerprint density at radius 2 is 1.72 bits per heavy atom. The van der Waals surface area contributed by atoms with E-state index in [1.165, 1.54) is 0 Å². The molecule has 0 unspecified atom stereocenters. The van der Waals surface area contributed by atoms with Gasteiger partial charge in [0.1, 0.15) is 6.61 Å². The highest BCUT2D eigenvalue weighted by molar-refractivity contribution is 5.71. The van der Waals surface area contributed by atoms with Crippen LogP contribution >= 0.6 is 0 Å². The molecule has 1 aromatic rings. The van der Waals surface area contributed by atoms with E-state index in [0.717, 1.165) is 44.3 Å². The minimum Gasteiger partial charge on any atom is -0.464 e. The SMILES string of the molecule is CC(C)COC(=O)CNCCN(CCO)CCCCCCNC(=O)OCc1ccccc1. The lowest BCUT2D eigenvalue weighted by molar-refractivity contribution is -0.143. The van der Waals surface area contributed by atoms with Gasteiger partial charge in [0.15, 0.2) is 0 Å². The summed E-state index contributed by atoms with van der Waals surface area (Å²) < 4.78 is 10.3. The van der Waals surface area contributed by atoms with Gasteiger partial charge in [0.2, 0.25) is 0 Å². The summed E-state index contributed by atoms with van der Waals surface area (Å²) in [6.07, 6.45) is 3.61. The van der Waals surface area contributed by atoms with Crippen LogP contribution in [0.3, 0.4) is 0 Å². The van der Waals surface area contributed by atoms with Gasteiger partial charge in [0.05, 0.1) is 19.8 Å². The average molecular weight is 452 g/mol. The maximum atomic E-state index is 11.7. The van der Waals surface area contributed by atoms with Crippen LogP contribution in [-0.2, 0) is 20.9 Å². The number of benzene rings is 1. The number of unbranched alkanes of at least 4 members (excludes halogenated alkanes) is 3. The monoisotopic (exact) mass is 451 g/mol. The van der Waals surface area contributed by atoms with E-state index >= 15 is 0 Å². The number of carbonyl (C=O) groups is 2. The molecule has 0 aliphatic rings. The number of hydrogen-bond acceptors (Lipinski definition) is 7. The molecule has 0 saturated heterocycles. The van der Waals surface area contributed by atoms with Crippen LogP contribution in [0.2, 0.25) is 0 Å². The first-order chi connectivity index (χ1) is 15.5. The minimum atomic E-state index is -0.386. The molecule has 1 aromatic carbocycles. The van der Waals surface area contributed by atoms with E-state index in [0.29, 0.717) is 32.2 Å². The Hall–Kier alpha value is -2.16. The van der Waals surface area contributed by atoms with Crippen LogP contribution in [0.15, 0.2) is 30.3 Å². The topological polar surface area (TPSA) is 100 Å². The molecule has 8 nitrogen and oxygen atoms in total. The van der Waals surface area contributed by atoms with E-state index in [1.54, 1.807) is 0 Å². The lowest BCUT2D eigenvalue weighted by Crippen LogP contribution is -2.37. The zero-order valence-electron chi connectivity index (χ0n) is 19.7. The average Bonchev–Trinajstić information content (AvgIpc) is 2.79. The largest absolute Gasteiger partial charge is 0.464 e. The van der Waals surface area contributed by atoms with E-state index in [-0.39, 0.29) is 31.8 Å². The summed E-state index contributed by atoms with van der Waals surface area (Å²) >= 11 is 0. The van der Waals surface area contributed by atoms with Gasteiger partial charge in [-0.05, 0) is 30.9 Å². The third-order valence-corrected chi connectivity index (χ3v) is 4.75. The van der Waals surface area contributed by atoms with Crippen molar-refractivity contribution >= 4 is 12.1 Å². The van der Waals surface area contributed by atoms with Gasteiger partial charge in [0.25, 0.3) is 0 Å². The van der Waals surface area contributed by atoms with Gasteiger partial charge in [-0.2, -0.15) is 0 Å². The van der Waals surface area contributed by atoms with Crippen LogP contribution in [0, 0.1) is 5.92 Å². The number of aliphatic hydroxyl groups excluding tert-OH is 1. The lowest BCUT2D eigenvalue weighted by atomic mass is 10.2. The van der Waals surface area contributed by atoms with Crippen molar-refractivity contribution in [2.24, 2.45) is 5.92 Å². The van der Waals surface area contributed by atoms with E-state index in [1.807, 2.05) is 44.2 Å². The van der Waals surface area contributed by atoms with E-state index < -0.39 is 0 Å². The number of nitrogens with one attached hydrogen (secondary N) is 2. The first kappa shape index (κ1) is 27.9. The number of alkyl carbamates (subject to hydrolysis) is 1. The van der Waals surface area contributed by atoms with Gasteiger partial charge in [0, 0.05) is 26.2 Å². The number of esters is 1. The van der Waals surface area contributed by atoms with Crippen molar-refractivity contribution in [3.05, 3.63) is 35.9 Å². The summed E-state index contributed by atoms with van der Waals surface area (Å²) in [7, 11) is 0. The molecule has 0 radical (unpaired) electrons. The molecule has 0 heterocycles. The quantitative estimate of drug-likeness (QED) is 0.233. The number of carbonyl (C=O) groups excluding carboxylic acids is 2. The molecule has 0 aliphatic carbocycles. The zero-order valence-corrected chi connectivity index (χ0v) is 19.7. The Balaban J connectivity index is 2.01. The number of ether oxygens (including phenoxy) is 2. The summed E-state index contributed by atoms with van der Waals surface area (Å²) in [4.78, 5) is 25.5. The molecule has 0 aliphatic heterocycles. The highest BCUT2D eigenvalue weighted by Crippen LogP contribution is 2.03. The minimum absolute atomic E-state index is 0.117. The fourth-order valence-corrected chi connectivity index (χ4v) is 2.99. The lowest BCUT2D eigenvalue weighted by Gasteiger charge is -2.21. The van der Waals surface area contributed by atoms with Gasteiger partial charge in [-0.3, -0.25) is 9.69 Å². The summed E-state index contributed by atoms with van der Waals surface area (Å²) in [5.74, 6) is 0.105. The zero-order chi connectivity index (χ0) is 23.4. The van der Waals surface area contributed by atoms with Crippen molar-refractivity contribution < 1.29 is 24.2 Å². The molecule has 1 amide bonds. The first-order valence-corrected chi connectivity index (χ1v) is 11.7. The first-order valence-electron chi connectivity index (χ1n) is 11.7. The Morgan fingerprint density at radius 3 is 2.44 bits per heavy atom. The van der Waals surface area contributed by atoms with Crippen LogP contribution < -0.4 is 10.6 Å². The molecule has 32 heavy (non-hydrogen) atoms. The van der Waals surface area contributed by atoms with E-state index in [2.05, 4.69) is 15.5 Å². The van der Waals surface area contributed by atoms with Crippen LogP contribution in [0.1, 0.15) is 45.1 Å². The second kappa shape index (κ2) is 18.4. The van der Waals surface area contributed by atoms with Crippen LogP contribution in [0.25, 0.3) is 0 Å². The summed E-state index contributed by atoms with van der Waals surface area (Å²) in [5, 5.41) is 15.1. The van der Waals surface area contributed by atoms with Crippen molar-refractivity contribution in [2.75, 3.05) is 52.5 Å². The Labute approximate surface area is 192 Å². The molecule has 0 fully saturated rings. The normalized spacial score (nSPS) is 11.0. The third-order valence-electron chi connectivity index (χ3n) is 4.75. The molecule has 0 bridgehead atoms. The molecule has 1 rings (SSSR count). The molecule has 182 valence electrons. The number of rotatable bonds is 18. The predicted octanol–water partition coefficient (Wildman–Crippen LogP) is 2.56. The molecule has 0 spiro atoms. The second-order valence-corrected chi connectivity index (χ2v) is 8.22. The van der Waals surface area contributed by atoms with Gasteiger partial charge < -0.3 is 25.2 Å². The Kier molecular flexibility index (Phi) is 16.0. The maximum Gasteiger partial charge on any atom is 0.407 e. The van der Waals surface area contributed by atoms with Crippen molar-refractivity contribution in [3.8, 4) is 0 Å². The van der Waals surface area contributed by atoms with Crippen LogP contribution in [-0.4, -0.2) is 74.6 Å². The van der Waals surface area contributed by atoms with Crippen LogP contribution in [0.4, 0.5) is 4.79 Å². The second-order valence-electron chi connectivity index (χ2n) is 8.22. The smallest absolute Gasteiger partial charge is 0.407 e. The number of amides is 1. The van der Waals surface area contributed by atoms with E-state index in [9.17, 15) is 14.7 Å². The van der Waals surface area contributed by atoms with Gasteiger partial charge >= 0.3 is 12.1 Å². The summed E-state index contributed by atoms with van der Waals surface area (Å²) in [6, 6.07) is 9.60. The maximum absolute atomic E-state index is 11.7. The molecular formula is C24H41N3O5. The fraction of sp³-hybridized carbons (Fsp3) is 0.667. The summed E-state index contributed by atoms with van der Waals surface area (Å²) in [5.41, 5.74) is 0.969. The molecule has 0 aromatic heterocycles. The highest BCUT2D eigenvalue weighted by atomic mass is 16.5. The Bertz CT molecular complexity index is 613. The summed E-state index contributed by atoms with van der Waals surface area (Å²) in [6.45, 7) is 8.62. The van der Waals surface area contributed by atoms with Crippen molar-refractivity contribution in [1.29, 1.82) is 0 Å². The van der Waals surface area contributed by atoms with Gasteiger partial charge in [-0.25, -0.2) is 4.79 Å². The number of nitrogens with zero attached hydrogens (tertiary/aromatic N) is 1. The molecular weight excluding hydrogens is 410 g/mol. The van der Waals surface area contributed by atoms with Crippen LogP contribution in [0.5, 0.6) is 0 Å². The fourth-order valence-electron chi connectivity index (χ4n) is 2.99. The van der Waals surface area contributed by atoms with Crippen molar-refractivity contribution in [1.82, 2.24) is 15.5 Å². The number of aliphatic hydroxyl groups is 1. The van der Waals surface area contributed by atoms with Gasteiger partial charge in [-0.1, -0.05) is 57.0 Å². The van der Waals surface area contributed by atoms with Crippen molar-refractivity contribution in [2.45, 2.75) is 46.1 Å². The van der Waals surface area contributed by atoms with E-state index in [4.69, 9.17) is 9.47 Å². The molecule has 0 saturated carbocycles. The highest BCUT2D eigenvalue weighted by Gasteiger charge is 2.07. The van der Waals surface area contributed by atoms with Crippen molar-refractivity contribution in [3.63, 3.8) is 0 Å². The van der Waals surface area contributed by atoms with Gasteiger partial charge in [-0.15, -0.1) is 0 Å². The molecule has 3 N–H and O–H groups in total. The Morgan fingerprint density at radius 1 is 0.969 bits per heavy atom. The molecule has 0 atom stereocenters. The standard InChI is InChI=1S/C24H41N3O5/c1-21(2)19-31-23(29)18-25-13-15-27(16-17-28)14-9-4-3-8-12-26-24(30)32-20-22-10-6-5-7-11-22/h5-7,10-11,21,25,28H,3-4,8-9,12-20H2,1-2H3,(H,26,30).